The number of hydrogen-bond acceptors (Lipinski definition) is 3. The molecule has 8 heteroatoms. The SMILES string of the molecule is Cc1cc(OCn2ccc(C(=O)Nc3cc(F)ccc3F)n2)ccc1Cl. The predicted octanol–water partition coefficient (Wildman–Crippen LogP) is 4.41. The fraction of sp³-hybridized carbons (Fsp3) is 0.111. The van der Waals surface area contributed by atoms with Crippen molar-refractivity contribution in [2.24, 2.45) is 0 Å². The summed E-state index contributed by atoms with van der Waals surface area (Å²) in [5.41, 5.74) is 0.670. The Kier molecular flexibility index (Phi) is 5.18. The normalized spacial score (nSPS) is 10.6. The second-order valence-electron chi connectivity index (χ2n) is 5.50. The number of halogens is 3. The summed E-state index contributed by atoms with van der Waals surface area (Å²) < 4.78 is 33.7. The van der Waals surface area contributed by atoms with Crippen LogP contribution in [0.1, 0.15) is 16.1 Å². The molecule has 1 N–H and O–H groups in total. The summed E-state index contributed by atoms with van der Waals surface area (Å²) in [7, 11) is 0. The highest BCUT2D eigenvalue weighted by Crippen LogP contribution is 2.21. The van der Waals surface area contributed by atoms with Crippen LogP contribution in [0.4, 0.5) is 14.5 Å². The van der Waals surface area contributed by atoms with Crippen molar-refractivity contribution in [3.63, 3.8) is 0 Å². The third-order valence-corrected chi connectivity index (χ3v) is 3.97. The maximum atomic E-state index is 13.6. The molecule has 0 fully saturated rings. The van der Waals surface area contributed by atoms with Gasteiger partial charge in [-0.1, -0.05) is 11.6 Å². The monoisotopic (exact) mass is 377 g/mol. The van der Waals surface area contributed by atoms with Crippen LogP contribution in [0.15, 0.2) is 48.7 Å². The van der Waals surface area contributed by atoms with Gasteiger partial charge in [-0.15, -0.1) is 0 Å². The van der Waals surface area contributed by atoms with Gasteiger partial charge in [0.25, 0.3) is 5.91 Å². The molecule has 5 nitrogen and oxygen atoms in total. The fourth-order valence-electron chi connectivity index (χ4n) is 2.18. The van der Waals surface area contributed by atoms with Gasteiger partial charge in [-0.25, -0.2) is 13.5 Å². The zero-order chi connectivity index (χ0) is 18.7. The number of rotatable bonds is 5. The Balaban J connectivity index is 1.64. The molecule has 0 unspecified atom stereocenters. The molecule has 0 bridgehead atoms. The van der Waals surface area contributed by atoms with E-state index in [9.17, 15) is 13.6 Å². The van der Waals surface area contributed by atoms with Crippen LogP contribution in [0.3, 0.4) is 0 Å². The highest BCUT2D eigenvalue weighted by Gasteiger charge is 2.13. The maximum Gasteiger partial charge on any atom is 0.276 e. The number of nitrogens with zero attached hydrogens (tertiary/aromatic N) is 2. The van der Waals surface area contributed by atoms with Crippen LogP contribution < -0.4 is 10.1 Å². The molecule has 1 amide bonds. The first-order valence-corrected chi connectivity index (χ1v) is 7.99. The van der Waals surface area contributed by atoms with Gasteiger partial charge in [0.05, 0.1) is 5.69 Å². The Morgan fingerprint density at radius 2 is 2.04 bits per heavy atom. The van der Waals surface area contributed by atoms with Crippen molar-refractivity contribution >= 4 is 23.2 Å². The van der Waals surface area contributed by atoms with Crippen molar-refractivity contribution in [1.82, 2.24) is 9.78 Å². The molecule has 2 aromatic carbocycles. The molecule has 134 valence electrons. The molecule has 0 saturated heterocycles. The van der Waals surface area contributed by atoms with Crippen LogP contribution >= 0.6 is 11.6 Å². The zero-order valence-electron chi connectivity index (χ0n) is 13.7. The molecule has 1 aromatic heterocycles. The number of anilines is 1. The fourth-order valence-corrected chi connectivity index (χ4v) is 2.30. The molecule has 1 heterocycles. The van der Waals surface area contributed by atoms with Crippen molar-refractivity contribution in [1.29, 1.82) is 0 Å². The second-order valence-corrected chi connectivity index (χ2v) is 5.91. The summed E-state index contributed by atoms with van der Waals surface area (Å²) in [4.78, 5) is 12.1. The third kappa shape index (κ3) is 4.18. The van der Waals surface area contributed by atoms with Gasteiger partial charge in [0.2, 0.25) is 0 Å². The first-order valence-electron chi connectivity index (χ1n) is 7.61. The molecule has 0 spiro atoms. The maximum absolute atomic E-state index is 13.6. The molecule has 3 aromatic rings. The number of aryl methyl sites for hydroxylation is 1. The summed E-state index contributed by atoms with van der Waals surface area (Å²) in [5, 5.41) is 6.97. The van der Waals surface area contributed by atoms with E-state index in [0.29, 0.717) is 10.8 Å². The summed E-state index contributed by atoms with van der Waals surface area (Å²) in [5.74, 6) is -1.44. The Bertz CT molecular complexity index is 959. The lowest BCUT2D eigenvalue weighted by Gasteiger charge is -2.08. The van der Waals surface area contributed by atoms with E-state index >= 15 is 0 Å². The number of ether oxygens (including phenoxy) is 1. The van der Waals surface area contributed by atoms with Crippen molar-refractivity contribution < 1.29 is 18.3 Å². The van der Waals surface area contributed by atoms with Gasteiger partial charge in [-0.05, 0) is 48.9 Å². The van der Waals surface area contributed by atoms with E-state index < -0.39 is 17.5 Å². The quantitative estimate of drug-likeness (QED) is 0.716. The Labute approximate surface area is 153 Å². The van der Waals surface area contributed by atoms with Crippen molar-refractivity contribution in [2.45, 2.75) is 13.7 Å². The van der Waals surface area contributed by atoms with Gasteiger partial charge < -0.3 is 10.1 Å². The average molecular weight is 378 g/mol. The average Bonchev–Trinajstić information content (AvgIpc) is 3.08. The standard InChI is InChI=1S/C18H14ClF2N3O2/c1-11-8-13(3-4-14(11)19)26-10-24-7-6-16(23-24)18(25)22-17-9-12(20)2-5-15(17)21/h2-9H,10H2,1H3,(H,22,25). The third-order valence-electron chi connectivity index (χ3n) is 3.54. The first-order chi connectivity index (χ1) is 12.4. The number of hydrogen-bond donors (Lipinski definition) is 1. The van der Waals surface area contributed by atoms with Gasteiger partial charge in [0, 0.05) is 17.3 Å². The van der Waals surface area contributed by atoms with Gasteiger partial charge in [-0.3, -0.25) is 4.79 Å². The molecule has 0 aliphatic rings. The van der Waals surface area contributed by atoms with Crippen LogP contribution in [0.25, 0.3) is 0 Å². The van der Waals surface area contributed by atoms with Crippen LogP contribution in [0.2, 0.25) is 5.02 Å². The lowest BCUT2D eigenvalue weighted by Crippen LogP contribution is -2.15. The Morgan fingerprint density at radius 1 is 1.23 bits per heavy atom. The molecule has 26 heavy (non-hydrogen) atoms. The second kappa shape index (κ2) is 7.53. The van der Waals surface area contributed by atoms with Crippen molar-refractivity contribution in [3.8, 4) is 5.75 Å². The van der Waals surface area contributed by atoms with Crippen LogP contribution in [-0.2, 0) is 6.73 Å². The molecule has 3 rings (SSSR count). The summed E-state index contributed by atoms with van der Waals surface area (Å²) in [6.07, 6.45) is 1.54. The summed E-state index contributed by atoms with van der Waals surface area (Å²) >= 11 is 5.96. The summed E-state index contributed by atoms with van der Waals surface area (Å²) in [6.45, 7) is 1.93. The number of aromatic nitrogens is 2. The highest BCUT2D eigenvalue weighted by atomic mass is 35.5. The molecule has 0 saturated carbocycles. The van der Waals surface area contributed by atoms with E-state index in [-0.39, 0.29) is 18.1 Å². The molecular weight excluding hydrogens is 364 g/mol. The van der Waals surface area contributed by atoms with Gasteiger partial charge in [-0.2, -0.15) is 5.10 Å². The first kappa shape index (κ1) is 17.9. The molecular formula is C18H14ClF2N3O2. The minimum atomic E-state index is -0.736. The zero-order valence-corrected chi connectivity index (χ0v) is 14.4. The number of benzene rings is 2. The number of amides is 1. The number of nitrogens with one attached hydrogen (secondary N) is 1. The van der Waals surface area contributed by atoms with E-state index in [1.807, 2.05) is 6.92 Å². The Hall–Kier alpha value is -2.93. The number of carbonyl (C=O) groups is 1. The highest BCUT2D eigenvalue weighted by molar-refractivity contribution is 6.31. The van der Waals surface area contributed by atoms with Gasteiger partial charge in [0.15, 0.2) is 12.4 Å². The predicted molar refractivity (Wildman–Crippen MR) is 93.4 cm³/mol. The Morgan fingerprint density at radius 3 is 2.81 bits per heavy atom. The number of carbonyl (C=O) groups excluding carboxylic acids is 1. The van der Waals surface area contributed by atoms with E-state index in [0.717, 1.165) is 23.8 Å². The molecule has 0 aliphatic heterocycles. The van der Waals surface area contributed by atoms with Crippen LogP contribution in [0.5, 0.6) is 5.75 Å². The van der Waals surface area contributed by atoms with E-state index in [2.05, 4.69) is 10.4 Å². The topological polar surface area (TPSA) is 56.1 Å². The van der Waals surface area contributed by atoms with Gasteiger partial charge >= 0.3 is 0 Å². The van der Waals surface area contributed by atoms with E-state index in [4.69, 9.17) is 16.3 Å². The minimum Gasteiger partial charge on any atom is -0.471 e. The van der Waals surface area contributed by atoms with Crippen molar-refractivity contribution in [2.75, 3.05) is 5.32 Å². The lowest BCUT2D eigenvalue weighted by molar-refractivity contribution is 0.101. The smallest absolute Gasteiger partial charge is 0.276 e. The largest absolute Gasteiger partial charge is 0.471 e. The van der Waals surface area contributed by atoms with Crippen LogP contribution in [0, 0.1) is 18.6 Å². The van der Waals surface area contributed by atoms with E-state index in [1.54, 1.807) is 24.4 Å². The lowest BCUT2D eigenvalue weighted by atomic mass is 10.2. The minimum absolute atomic E-state index is 0.0459. The molecule has 0 radical (unpaired) electrons. The van der Waals surface area contributed by atoms with Crippen molar-refractivity contribution in [3.05, 3.63) is 76.6 Å². The van der Waals surface area contributed by atoms with Gasteiger partial charge in [0.1, 0.15) is 17.4 Å². The summed E-state index contributed by atoms with van der Waals surface area (Å²) in [6, 6.07) is 9.48. The molecule has 0 aliphatic carbocycles. The van der Waals surface area contributed by atoms with Crippen LogP contribution in [-0.4, -0.2) is 15.7 Å². The van der Waals surface area contributed by atoms with E-state index in [1.165, 1.54) is 10.7 Å². The molecule has 0 atom stereocenters.